The van der Waals surface area contributed by atoms with Gasteiger partial charge >= 0.3 is 5.97 Å². The quantitative estimate of drug-likeness (QED) is 0.697. The van der Waals surface area contributed by atoms with Crippen molar-refractivity contribution in [1.82, 2.24) is 15.5 Å². The average molecular weight is 225 g/mol. The molecule has 0 saturated heterocycles. The normalized spacial score (nSPS) is 11.2. The largest absolute Gasteiger partial charge is 0.481 e. The molecule has 0 aromatic carbocycles. The van der Waals surface area contributed by atoms with Crippen molar-refractivity contribution in [3.05, 3.63) is 17.5 Å². The van der Waals surface area contributed by atoms with E-state index in [0.29, 0.717) is 0 Å². The third-order valence-corrected chi connectivity index (χ3v) is 2.21. The van der Waals surface area contributed by atoms with Crippen LogP contribution in [0.5, 0.6) is 0 Å². The van der Waals surface area contributed by atoms with E-state index < -0.39 is 11.4 Å². The fourth-order valence-electron chi connectivity index (χ4n) is 1.00. The van der Waals surface area contributed by atoms with Crippen LogP contribution in [-0.4, -0.2) is 33.7 Å². The number of aromatic amines is 1. The molecule has 3 N–H and O–H groups in total. The van der Waals surface area contributed by atoms with E-state index >= 15 is 0 Å². The Morgan fingerprint density at radius 1 is 1.56 bits per heavy atom. The first kappa shape index (κ1) is 12.2. The number of rotatable bonds is 4. The lowest BCUT2D eigenvalue weighted by atomic mass is 9.94. The summed E-state index contributed by atoms with van der Waals surface area (Å²) in [6.07, 6.45) is 0. The van der Waals surface area contributed by atoms with Gasteiger partial charge in [-0.1, -0.05) is 0 Å². The van der Waals surface area contributed by atoms with Crippen LogP contribution < -0.4 is 5.32 Å². The zero-order valence-electron chi connectivity index (χ0n) is 9.50. The van der Waals surface area contributed by atoms with Crippen LogP contribution in [0.4, 0.5) is 0 Å². The standard InChI is InChI=1S/C10H15N3O3/c1-6-4-7(13-12-6)8(14)11-5-10(2,3)9(15)16/h4H,5H2,1-3H3,(H,11,14)(H,12,13)(H,15,16). The van der Waals surface area contributed by atoms with Crippen molar-refractivity contribution in [3.63, 3.8) is 0 Å². The maximum atomic E-state index is 11.5. The molecule has 88 valence electrons. The molecule has 1 aromatic rings. The van der Waals surface area contributed by atoms with Crippen LogP contribution in [0.1, 0.15) is 30.0 Å². The molecule has 0 fully saturated rings. The Labute approximate surface area is 93.1 Å². The Morgan fingerprint density at radius 2 is 2.19 bits per heavy atom. The maximum absolute atomic E-state index is 11.5. The molecule has 6 nitrogen and oxygen atoms in total. The summed E-state index contributed by atoms with van der Waals surface area (Å²) in [5, 5.41) is 17.8. The lowest BCUT2D eigenvalue weighted by Crippen LogP contribution is -2.39. The van der Waals surface area contributed by atoms with Crippen LogP contribution >= 0.6 is 0 Å². The zero-order valence-corrected chi connectivity index (χ0v) is 9.50. The second-order valence-electron chi connectivity index (χ2n) is 4.31. The summed E-state index contributed by atoms with van der Waals surface area (Å²) in [5.41, 5.74) is 0.0578. The van der Waals surface area contributed by atoms with Gasteiger partial charge in [-0.15, -0.1) is 0 Å². The van der Waals surface area contributed by atoms with Crippen LogP contribution in [0.2, 0.25) is 0 Å². The monoisotopic (exact) mass is 225 g/mol. The van der Waals surface area contributed by atoms with Gasteiger partial charge in [-0.2, -0.15) is 5.10 Å². The molecule has 0 aliphatic rings. The number of aromatic nitrogens is 2. The van der Waals surface area contributed by atoms with Gasteiger partial charge in [0.05, 0.1) is 5.41 Å². The molecular formula is C10H15N3O3. The number of carboxylic acids is 1. The zero-order chi connectivity index (χ0) is 12.3. The smallest absolute Gasteiger partial charge is 0.310 e. The summed E-state index contributed by atoms with van der Waals surface area (Å²) >= 11 is 0. The highest BCUT2D eigenvalue weighted by molar-refractivity contribution is 5.92. The first-order chi connectivity index (χ1) is 7.33. The minimum Gasteiger partial charge on any atom is -0.481 e. The summed E-state index contributed by atoms with van der Waals surface area (Å²) in [4.78, 5) is 22.3. The van der Waals surface area contributed by atoms with Gasteiger partial charge < -0.3 is 10.4 Å². The molecule has 0 atom stereocenters. The van der Waals surface area contributed by atoms with Gasteiger partial charge in [0.25, 0.3) is 5.91 Å². The average Bonchev–Trinajstić information content (AvgIpc) is 2.61. The molecule has 16 heavy (non-hydrogen) atoms. The van der Waals surface area contributed by atoms with Gasteiger partial charge in [-0.3, -0.25) is 14.7 Å². The van der Waals surface area contributed by atoms with Gasteiger partial charge in [0.2, 0.25) is 0 Å². The Morgan fingerprint density at radius 3 is 2.62 bits per heavy atom. The van der Waals surface area contributed by atoms with Crippen LogP contribution in [-0.2, 0) is 4.79 Å². The van der Waals surface area contributed by atoms with Gasteiger partial charge in [0.1, 0.15) is 5.69 Å². The molecule has 0 aliphatic carbocycles. The molecule has 0 aliphatic heterocycles. The fourth-order valence-corrected chi connectivity index (χ4v) is 1.00. The fraction of sp³-hybridized carbons (Fsp3) is 0.500. The molecule has 1 aromatic heterocycles. The van der Waals surface area contributed by atoms with Crippen molar-refractivity contribution >= 4 is 11.9 Å². The van der Waals surface area contributed by atoms with Crippen molar-refractivity contribution in [3.8, 4) is 0 Å². The highest BCUT2D eigenvalue weighted by atomic mass is 16.4. The number of nitrogens with one attached hydrogen (secondary N) is 2. The number of hydrogen-bond acceptors (Lipinski definition) is 3. The molecule has 1 rings (SSSR count). The van der Waals surface area contributed by atoms with E-state index in [9.17, 15) is 9.59 Å². The number of nitrogens with zero attached hydrogens (tertiary/aromatic N) is 1. The Bertz CT molecular complexity index is 409. The summed E-state index contributed by atoms with van der Waals surface area (Å²) in [6.45, 7) is 4.94. The summed E-state index contributed by atoms with van der Waals surface area (Å²) in [6, 6.07) is 1.60. The molecule has 0 unspecified atom stereocenters. The predicted molar refractivity (Wildman–Crippen MR) is 57.1 cm³/mol. The molecule has 1 heterocycles. The third-order valence-electron chi connectivity index (χ3n) is 2.21. The highest BCUT2D eigenvalue weighted by Gasteiger charge is 2.27. The molecule has 0 spiro atoms. The Hall–Kier alpha value is -1.85. The van der Waals surface area contributed by atoms with Crippen LogP contribution in [0.25, 0.3) is 0 Å². The van der Waals surface area contributed by atoms with E-state index in [-0.39, 0.29) is 18.1 Å². The number of carbonyl (C=O) groups is 2. The summed E-state index contributed by atoms with van der Waals surface area (Å²) < 4.78 is 0. The molecular weight excluding hydrogens is 210 g/mol. The van der Waals surface area contributed by atoms with Gasteiger partial charge in [0.15, 0.2) is 0 Å². The molecule has 6 heteroatoms. The molecule has 1 amide bonds. The molecule has 0 saturated carbocycles. The number of aryl methyl sites for hydroxylation is 1. The van der Waals surface area contributed by atoms with E-state index in [1.165, 1.54) is 0 Å². The minimum atomic E-state index is -0.985. The van der Waals surface area contributed by atoms with Crippen LogP contribution in [0, 0.1) is 12.3 Å². The lowest BCUT2D eigenvalue weighted by molar-refractivity contribution is -0.146. The first-order valence-electron chi connectivity index (χ1n) is 4.86. The number of H-pyrrole nitrogens is 1. The number of aliphatic carboxylic acids is 1. The van der Waals surface area contributed by atoms with Gasteiger partial charge in [0, 0.05) is 12.2 Å². The SMILES string of the molecule is Cc1cc(C(=O)NCC(C)(C)C(=O)O)n[nH]1. The third kappa shape index (κ3) is 2.82. The number of hydrogen-bond donors (Lipinski definition) is 3. The minimum absolute atomic E-state index is 0.0626. The maximum Gasteiger partial charge on any atom is 0.310 e. The highest BCUT2D eigenvalue weighted by Crippen LogP contribution is 2.13. The summed E-state index contributed by atoms with van der Waals surface area (Å²) in [5.74, 6) is -1.33. The van der Waals surface area contributed by atoms with Crippen molar-refractivity contribution in [1.29, 1.82) is 0 Å². The second-order valence-corrected chi connectivity index (χ2v) is 4.31. The number of amides is 1. The van der Waals surface area contributed by atoms with E-state index in [4.69, 9.17) is 5.11 Å². The first-order valence-corrected chi connectivity index (χ1v) is 4.86. The number of carboxylic acid groups (broad SMARTS) is 1. The van der Waals surface area contributed by atoms with E-state index in [1.54, 1.807) is 26.8 Å². The van der Waals surface area contributed by atoms with E-state index in [1.807, 2.05) is 0 Å². The summed E-state index contributed by atoms with van der Waals surface area (Å²) in [7, 11) is 0. The van der Waals surface area contributed by atoms with Crippen molar-refractivity contribution in [2.45, 2.75) is 20.8 Å². The van der Waals surface area contributed by atoms with E-state index in [2.05, 4.69) is 15.5 Å². The Balaban J connectivity index is 2.57. The second kappa shape index (κ2) is 4.34. The van der Waals surface area contributed by atoms with Gasteiger partial charge in [-0.25, -0.2) is 0 Å². The molecule has 0 radical (unpaired) electrons. The topological polar surface area (TPSA) is 95.1 Å². The van der Waals surface area contributed by atoms with Crippen molar-refractivity contribution in [2.75, 3.05) is 6.54 Å². The Kier molecular flexibility index (Phi) is 3.31. The van der Waals surface area contributed by atoms with Gasteiger partial charge in [-0.05, 0) is 26.8 Å². The van der Waals surface area contributed by atoms with Crippen molar-refractivity contribution in [2.24, 2.45) is 5.41 Å². The number of carbonyl (C=O) groups excluding carboxylic acids is 1. The van der Waals surface area contributed by atoms with Crippen LogP contribution in [0.15, 0.2) is 6.07 Å². The molecule has 0 bridgehead atoms. The van der Waals surface area contributed by atoms with E-state index in [0.717, 1.165) is 5.69 Å². The lowest BCUT2D eigenvalue weighted by Gasteiger charge is -2.18. The van der Waals surface area contributed by atoms with Crippen LogP contribution in [0.3, 0.4) is 0 Å². The van der Waals surface area contributed by atoms with Crippen molar-refractivity contribution < 1.29 is 14.7 Å². The predicted octanol–water partition coefficient (Wildman–Crippen LogP) is 0.559.